The van der Waals surface area contributed by atoms with E-state index in [0.29, 0.717) is 0 Å². The normalized spacial score (nSPS) is 35.0. The Hall–Kier alpha value is -2.40. The average Bonchev–Trinajstić information content (AvgIpc) is 2.93. The van der Waals surface area contributed by atoms with Gasteiger partial charge in [0.1, 0.15) is 12.1 Å². The fraction of sp³-hybridized carbons (Fsp3) is 0.700. The molecular formula is C10H16N7O8S-. The first-order valence-corrected chi connectivity index (χ1v) is 8.46. The summed E-state index contributed by atoms with van der Waals surface area (Å²) in [6.07, 6.45) is -3.23. The molecular weight excluding hydrogens is 378 g/mol. The topological polar surface area (TPSA) is 252 Å². The molecule has 4 atom stereocenters. The third-order valence-electron chi connectivity index (χ3n) is 4.37. The fourth-order valence-electron chi connectivity index (χ4n) is 3.45. The van der Waals surface area contributed by atoms with Crippen LogP contribution in [0.4, 0.5) is 0 Å². The molecule has 16 heteroatoms. The maximum atomic E-state index is 11.0. The zero-order valence-corrected chi connectivity index (χ0v) is 13.8. The van der Waals surface area contributed by atoms with E-state index in [1.165, 1.54) is 0 Å². The Labute approximate surface area is 146 Å². The lowest BCUT2D eigenvalue weighted by Crippen LogP contribution is -2.77. The molecule has 1 fully saturated rings. The number of aliphatic imine (C=N–C) groups is 2. The van der Waals surface area contributed by atoms with E-state index in [0.717, 1.165) is 4.90 Å². The number of nitrogens with two attached hydrogens (primary N) is 2. The highest BCUT2D eigenvalue weighted by molar-refractivity contribution is 7.80. The quantitative estimate of drug-likeness (QED) is 0.102. The largest absolute Gasteiger partial charge is 0.598 e. The number of nitrogens with zero attached hydrogens (tertiary/aromatic N) is 3. The van der Waals surface area contributed by atoms with E-state index < -0.39 is 59.3 Å². The van der Waals surface area contributed by atoms with Crippen molar-refractivity contribution in [2.45, 2.75) is 29.6 Å². The molecule has 0 unspecified atom stereocenters. The summed E-state index contributed by atoms with van der Waals surface area (Å²) in [4.78, 5) is 9.12. The van der Waals surface area contributed by atoms with E-state index in [4.69, 9.17) is 21.4 Å². The summed E-state index contributed by atoms with van der Waals surface area (Å²) in [6, 6.07) is -2.25. The summed E-state index contributed by atoms with van der Waals surface area (Å²) in [5.41, 5.74) is 9.47. The number of aliphatic hydroxyl groups is 2. The minimum absolute atomic E-state index is 0.243. The second-order valence-electron chi connectivity index (χ2n) is 5.85. The summed E-state index contributed by atoms with van der Waals surface area (Å²) in [5, 5.41) is 41.4. The molecule has 0 aromatic rings. The molecule has 1 spiro atoms. The Morgan fingerprint density at radius 1 is 1.46 bits per heavy atom. The van der Waals surface area contributed by atoms with Crippen LogP contribution in [0.3, 0.4) is 0 Å². The van der Waals surface area contributed by atoms with E-state index in [9.17, 15) is 23.7 Å². The molecule has 0 aromatic carbocycles. The lowest BCUT2D eigenvalue weighted by Gasteiger charge is -2.49. The molecule has 0 saturated carbocycles. The van der Waals surface area contributed by atoms with Crippen LogP contribution >= 0.6 is 0 Å². The van der Waals surface area contributed by atoms with Crippen LogP contribution in [0.15, 0.2) is 9.98 Å². The molecule has 0 amide bonds. The second kappa shape index (κ2) is 5.55. The van der Waals surface area contributed by atoms with Crippen LogP contribution < -0.4 is 21.9 Å². The third kappa shape index (κ3) is 2.58. The van der Waals surface area contributed by atoms with Crippen LogP contribution in [0, 0.1) is 5.41 Å². The highest BCUT2D eigenvalue weighted by Gasteiger charge is 2.74. The Balaban J connectivity index is 2.04. The van der Waals surface area contributed by atoms with Crippen molar-refractivity contribution in [1.82, 2.24) is 10.2 Å². The molecule has 26 heavy (non-hydrogen) atoms. The number of hydrogen-bond donors (Lipinski definition) is 7. The lowest BCUT2D eigenvalue weighted by molar-refractivity contribution is -0.258. The van der Waals surface area contributed by atoms with Crippen LogP contribution in [0.25, 0.3) is 0 Å². The third-order valence-corrected chi connectivity index (χ3v) is 4.85. The van der Waals surface area contributed by atoms with Crippen LogP contribution in [0.1, 0.15) is 0 Å². The molecule has 146 valence electrons. The van der Waals surface area contributed by atoms with Gasteiger partial charge in [-0.2, -0.15) is 8.42 Å². The number of nitrogens with one attached hydrogen (secondary N) is 2. The van der Waals surface area contributed by atoms with Gasteiger partial charge in [0.15, 0.2) is 23.7 Å². The fourth-order valence-corrected chi connectivity index (χ4v) is 3.93. The van der Waals surface area contributed by atoms with Gasteiger partial charge >= 0.3 is 10.4 Å². The van der Waals surface area contributed by atoms with Gasteiger partial charge in [0, 0.05) is 6.61 Å². The Morgan fingerprint density at radius 2 is 2.12 bits per heavy atom. The molecule has 0 bridgehead atoms. The molecule has 0 aromatic heterocycles. The summed E-state index contributed by atoms with van der Waals surface area (Å²) in [6.45, 7) is -0.971. The zero-order chi connectivity index (χ0) is 19.5. The Morgan fingerprint density at radius 3 is 2.69 bits per heavy atom. The van der Waals surface area contributed by atoms with Crippen molar-refractivity contribution >= 4 is 28.4 Å². The Bertz CT molecular complexity index is 797. The summed E-state index contributed by atoms with van der Waals surface area (Å²) < 4.78 is 39.9. The van der Waals surface area contributed by atoms with Crippen molar-refractivity contribution in [3.63, 3.8) is 0 Å². The van der Waals surface area contributed by atoms with Gasteiger partial charge in [-0.25, -0.2) is 14.2 Å². The van der Waals surface area contributed by atoms with E-state index >= 15 is 0 Å². The number of rotatable bonds is 4. The van der Waals surface area contributed by atoms with Crippen molar-refractivity contribution in [3.05, 3.63) is 0 Å². The van der Waals surface area contributed by atoms with Gasteiger partial charge in [-0.1, -0.05) is 0 Å². The zero-order valence-electron chi connectivity index (χ0n) is 12.9. The summed E-state index contributed by atoms with van der Waals surface area (Å²) >= 11 is 0. The molecule has 0 aliphatic carbocycles. The maximum Gasteiger partial charge on any atom is 0.397 e. The van der Waals surface area contributed by atoms with Crippen LogP contribution in [-0.2, 0) is 19.3 Å². The predicted octanol–water partition coefficient (Wildman–Crippen LogP) is -5.84. The van der Waals surface area contributed by atoms with Crippen molar-refractivity contribution in [2.24, 2.45) is 21.5 Å². The standard InChI is InChI=1S/C10H17N7O8S/c11-6-15-5-3(2-24-8(13)18)14-7(12)17-1-4(25-26(21,22)23)10(19,20)9(5,17)16-6/h3-5,19-20H,1-2H2,(H2,12,14)(H2,13,18)(H3,11,15,16)(H,21,22,23)/p-1/t3-,4+,5-,9-/m0/s1. The van der Waals surface area contributed by atoms with Gasteiger partial charge in [0.05, 0.1) is 12.6 Å². The number of guanidine groups is 2. The van der Waals surface area contributed by atoms with E-state index in [1.807, 2.05) is 0 Å². The molecule has 1 saturated heterocycles. The predicted molar refractivity (Wildman–Crippen MR) is 80.7 cm³/mol. The van der Waals surface area contributed by atoms with Crippen LogP contribution in [0.5, 0.6) is 0 Å². The van der Waals surface area contributed by atoms with Crippen LogP contribution in [-0.4, -0.2) is 88.9 Å². The first-order valence-electron chi connectivity index (χ1n) is 7.09. The van der Waals surface area contributed by atoms with Gasteiger partial charge in [-0.05, 0) is 0 Å². The number of hydrogen-bond acceptors (Lipinski definition) is 14. The van der Waals surface area contributed by atoms with E-state index in [1.54, 1.807) is 0 Å². The van der Waals surface area contributed by atoms with Crippen molar-refractivity contribution in [1.29, 1.82) is 5.41 Å². The second-order valence-corrected chi connectivity index (χ2v) is 6.90. The lowest BCUT2D eigenvalue weighted by atomic mass is 9.86. The SMILES string of the molecule is N=C([O-])OC[C@@H]1N=C(N)N2C[C@@H](OS(=O)(=O)O)C(O)(O)[C@@]23NC(N)=N[C@@H]13. The molecule has 15 nitrogen and oxygen atoms in total. The van der Waals surface area contributed by atoms with Crippen molar-refractivity contribution in [3.8, 4) is 0 Å². The average molecular weight is 394 g/mol. The monoisotopic (exact) mass is 394 g/mol. The summed E-state index contributed by atoms with van der Waals surface area (Å²) in [7, 11) is -5.04. The highest BCUT2D eigenvalue weighted by Crippen LogP contribution is 2.45. The van der Waals surface area contributed by atoms with E-state index in [-0.39, 0.29) is 11.9 Å². The van der Waals surface area contributed by atoms with Gasteiger partial charge < -0.3 is 41.7 Å². The van der Waals surface area contributed by atoms with Gasteiger partial charge in [0.2, 0.25) is 5.79 Å². The highest BCUT2D eigenvalue weighted by atomic mass is 32.3. The minimum atomic E-state index is -5.04. The van der Waals surface area contributed by atoms with Gasteiger partial charge in [-0.15, -0.1) is 0 Å². The summed E-state index contributed by atoms with van der Waals surface area (Å²) in [5.74, 6) is -3.49. The minimum Gasteiger partial charge on any atom is -0.598 e. The first-order chi connectivity index (χ1) is 11.9. The van der Waals surface area contributed by atoms with Crippen molar-refractivity contribution in [2.75, 3.05) is 13.2 Å². The molecule has 0 radical (unpaired) electrons. The van der Waals surface area contributed by atoms with Crippen molar-refractivity contribution < 1.29 is 37.2 Å². The van der Waals surface area contributed by atoms with Gasteiger partial charge in [-0.3, -0.25) is 9.96 Å². The van der Waals surface area contributed by atoms with E-state index in [2.05, 4.69) is 24.2 Å². The molecule has 9 N–H and O–H groups in total. The van der Waals surface area contributed by atoms with Gasteiger partial charge in [0.25, 0.3) is 0 Å². The molecule has 3 aliphatic heterocycles. The smallest absolute Gasteiger partial charge is 0.397 e. The molecule has 3 rings (SSSR count). The molecule has 3 aliphatic rings. The maximum absolute atomic E-state index is 11.0. The van der Waals surface area contributed by atoms with Crippen LogP contribution in [0.2, 0.25) is 0 Å². The number of ether oxygens (including phenoxy) is 1. The first kappa shape index (κ1) is 18.4. The Kier molecular flexibility index (Phi) is 3.92. The molecule has 3 heterocycles.